The molecule has 0 bridgehead atoms. The van der Waals surface area contributed by atoms with E-state index in [0.717, 1.165) is 37.7 Å². The lowest BCUT2D eigenvalue weighted by Gasteiger charge is -2.18. The van der Waals surface area contributed by atoms with Crippen molar-refractivity contribution in [3.63, 3.8) is 0 Å². The highest BCUT2D eigenvalue weighted by Crippen LogP contribution is 2.22. The van der Waals surface area contributed by atoms with Crippen molar-refractivity contribution in [2.24, 2.45) is 0 Å². The summed E-state index contributed by atoms with van der Waals surface area (Å²) < 4.78 is 10.2. The van der Waals surface area contributed by atoms with E-state index in [0.29, 0.717) is 5.92 Å². The lowest BCUT2D eigenvalue weighted by Crippen LogP contribution is -2.25. The average molecular weight is 272 g/mol. The fourth-order valence-electron chi connectivity index (χ4n) is 1.86. The van der Waals surface area contributed by atoms with Crippen LogP contribution in [0.4, 0.5) is 0 Å². The normalized spacial score (nSPS) is 12.6. The fourth-order valence-corrected chi connectivity index (χ4v) is 2.06. The van der Waals surface area contributed by atoms with Gasteiger partial charge in [0.25, 0.3) is 0 Å². The average Bonchev–Trinajstić information content (AvgIpc) is 2.38. The molecule has 0 amide bonds. The maximum absolute atomic E-state index is 6.04. The van der Waals surface area contributed by atoms with Crippen LogP contribution in [0.1, 0.15) is 17.9 Å². The molecular formula is C14H22ClNO2. The molecule has 0 aromatic heterocycles. The van der Waals surface area contributed by atoms with Gasteiger partial charge in [-0.25, -0.2) is 0 Å². The van der Waals surface area contributed by atoms with Gasteiger partial charge < -0.3 is 14.8 Å². The fraction of sp³-hybridized carbons (Fsp3) is 0.571. The SMILES string of the molecule is COCCNCC(CCOC)c1cccc(Cl)c1. The summed E-state index contributed by atoms with van der Waals surface area (Å²) in [6.45, 7) is 3.25. The highest BCUT2D eigenvalue weighted by atomic mass is 35.5. The standard InChI is InChI=1S/C14H22ClNO2/c1-17-8-6-13(11-16-7-9-18-2)12-4-3-5-14(15)10-12/h3-5,10,13,16H,6-9,11H2,1-2H3. The number of ether oxygens (including phenoxy) is 2. The third kappa shape index (κ3) is 5.83. The Morgan fingerprint density at radius 1 is 1.22 bits per heavy atom. The third-order valence-corrected chi connectivity index (χ3v) is 3.10. The highest BCUT2D eigenvalue weighted by Gasteiger charge is 2.11. The van der Waals surface area contributed by atoms with Crippen LogP contribution < -0.4 is 5.32 Å². The lowest BCUT2D eigenvalue weighted by molar-refractivity contribution is 0.183. The van der Waals surface area contributed by atoms with E-state index >= 15 is 0 Å². The largest absolute Gasteiger partial charge is 0.385 e. The zero-order chi connectivity index (χ0) is 13.2. The molecule has 1 rings (SSSR count). The Balaban J connectivity index is 2.54. The van der Waals surface area contributed by atoms with Crippen molar-refractivity contribution < 1.29 is 9.47 Å². The molecule has 102 valence electrons. The van der Waals surface area contributed by atoms with E-state index < -0.39 is 0 Å². The molecule has 4 heteroatoms. The topological polar surface area (TPSA) is 30.5 Å². The summed E-state index contributed by atoms with van der Waals surface area (Å²) in [6, 6.07) is 8.04. The van der Waals surface area contributed by atoms with Crippen molar-refractivity contribution in [1.29, 1.82) is 0 Å². The summed E-state index contributed by atoms with van der Waals surface area (Å²) in [5, 5.41) is 4.17. The Labute approximate surface area is 114 Å². The molecule has 0 heterocycles. The van der Waals surface area contributed by atoms with Crippen LogP contribution in [0.5, 0.6) is 0 Å². The van der Waals surface area contributed by atoms with Crippen molar-refractivity contribution in [2.75, 3.05) is 40.5 Å². The number of hydrogen-bond acceptors (Lipinski definition) is 3. The van der Waals surface area contributed by atoms with Gasteiger partial charge in [-0.05, 0) is 30.0 Å². The van der Waals surface area contributed by atoms with E-state index in [1.165, 1.54) is 5.56 Å². The molecule has 1 aromatic carbocycles. The van der Waals surface area contributed by atoms with Gasteiger partial charge in [0.1, 0.15) is 0 Å². The van der Waals surface area contributed by atoms with Crippen LogP contribution in [0.2, 0.25) is 5.02 Å². The van der Waals surface area contributed by atoms with Gasteiger partial charge in [-0.15, -0.1) is 0 Å². The van der Waals surface area contributed by atoms with E-state index in [-0.39, 0.29) is 0 Å². The number of nitrogens with one attached hydrogen (secondary N) is 1. The summed E-state index contributed by atoms with van der Waals surface area (Å²) in [4.78, 5) is 0. The molecule has 0 radical (unpaired) electrons. The Morgan fingerprint density at radius 2 is 2.00 bits per heavy atom. The van der Waals surface area contributed by atoms with Crippen LogP contribution in [-0.2, 0) is 9.47 Å². The van der Waals surface area contributed by atoms with Gasteiger partial charge in [0.15, 0.2) is 0 Å². The molecule has 1 aromatic rings. The molecule has 0 aliphatic heterocycles. The zero-order valence-electron chi connectivity index (χ0n) is 11.1. The first kappa shape index (κ1) is 15.4. The Kier molecular flexibility index (Phi) is 8.01. The smallest absolute Gasteiger partial charge is 0.0587 e. The van der Waals surface area contributed by atoms with Crippen LogP contribution in [0.15, 0.2) is 24.3 Å². The molecule has 0 saturated heterocycles. The number of hydrogen-bond donors (Lipinski definition) is 1. The van der Waals surface area contributed by atoms with Crippen LogP contribution in [0.25, 0.3) is 0 Å². The van der Waals surface area contributed by atoms with Gasteiger partial charge in [-0.2, -0.15) is 0 Å². The minimum Gasteiger partial charge on any atom is -0.385 e. The van der Waals surface area contributed by atoms with E-state index in [4.69, 9.17) is 21.1 Å². The van der Waals surface area contributed by atoms with Gasteiger partial charge in [0.05, 0.1) is 6.61 Å². The minimum atomic E-state index is 0.417. The number of benzene rings is 1. The first-order valence-corrected chi connectivity index (χ1v) is 6.59. The second kappa shape index (κ2) is 9.34. The van der Waals surface area contributed by atoms with Crippen LogP contribution in [0.3, 0.4) is 0 Å². The molecule has 1 atom stereocenters. The van der Waals surface area contributed by atoms with E-state index in [9.17, 15) is 0 Å². The van der Waals surface area contributed by atoms with Crippen molar-refractivity contribution in [3.05, 3.63) is 34.9 Å². The van der Waals surface area contributed by atoms with Crippen LogP contribution in [0, 0.1) is 0 Å². The summed E-state index contributed by atoms with van der Waals surface area (Å²) in [5.74, 6) is 0.417. The predicted octanol–water partition coefficient (Wildman–Crippen LogP) is 2.70. The van der Waals surface area contributed by atoms with Gasteiger partial charge in [0, 0.05) is 38.9 Å². The first-order chi connectivity index (χ1) is 8.77. The molecule has 0 fully saturated rings. The molecular weight excluding hydrogens is 250 g/mol. The summed E-state index contributed by atoms with van der Waals surface area (Å²) in [7, 11) is 3.44. The Bertz CT molecular complexity index is 333. The van der Waals surface area contributed by atoms with E-state index in [2.05, 4.69) is 11.4 Å². The van der Waals surface area contributed by atoms with Crippen LogP contribution in [-0.4, -0.2) is 40.5 Å². The lowest BCUT2D eigenvalue weighted by atomic mass is 9.96. The molecule has 0 aliphatic rings. The number of rotatable bonds is 9. The predicted molar refractivity (Wildman–Crippen MR) is 75.4 cm³/mol. The molecule has 1 N–H and O–H groups in total. The molecule has 0 spiro atoms. The Morgan fingerprint density at radius 3 is 2.67 bits per heavy atom. The van der Waals surface area contributed by atoms with Crippen molar-refractivity contribution >= 4 is 11.6 Å². The third-order valence-electron chi connectivity index (χ3n) is 2.86. The van der Waals surface area contributed by atoms with Crippen molar-refractivity contribution in [2.45, 2.75) is 12.3 Å². The monoisotopic (exact) mass is 271 g/mol. The number of methoxy groups -OCH3 is 2. The molecule has 0 saturated carbocycles. The van der Waals surface area contributed by atoms with Gasteiger partial charge in [0.2, 0.25) is 0 Å². The molecule has 3 nitrogen and oxygen atoms in total. The van der Waals surface area contributed by atoms with E-state index in [1.807, 2.05) is 18.2 Å². The summed E-state index contributed by atoms with van der Waals surface area (Å²) in [6.07, 6.45) is 0.983. The molecule has 1 unspecified atom stereocenters. The quantitative estimate of drug-likeness (QED) is 0.701. The maximum Gasteiger partial charge on any atom is 0.0587 e. The number of halogens is 1. The highest BCUT2D eigenvalue weighted by molar-refractivity contribution is 6.30. The van der Waals surface area contributed by atoms with Gasteiger partial charge in [-0.1, -0.05) is 23.7 Å². The van der Waals surface area contributed by atoms with E-state index in [1.54, 1.807) is 14.2 Å². The maximum atomic E-state index is 6.04. The van der Waals surface area contributed by atoms with Crippen molar-refractivity contribution in [3.8, 4) is 0 Å². The second-order valence-electron chi connectivity index (χ2n) is 4.23. The Hall–Kier alpha value is -0.610. The molecule has 18 heavy (non-hydrogen) atoms. The first-order valence-electron chi connectivity index (χ1n) is 6.22. The van der Waals surface area contributed by atoms with Gasteiger partial charge >= 0.3 is 0 Å². The summed E-state index contributed by atoms with van der Waals surface area (Å²) >= 11 is 6.04. The molecule has 0 aliphatic carbocycles. The second-order valence-corrected chi connectivity index (χ2v) is 4.67. The zero-order valence-corrected chi connectivity index (χ0v) is 11.9. The summed E-state index contributed by atoms with van der Waals surface area (Å²) in [5.41, 5.74) is 1.25. The van der Waals surface area contributed by atoms with Crippen LogP contribution >= 0.6 is 11.6 Å². The van der Waals surface area contributed by atoms with Crippen molar-refractivity contribution in [1.82, 2.24) is 5.32 Å². The minimum absolute atomic E-state index is 0.417. The van der Waals surface area contributed by atoms with Gasteiger partial charge in [-0.3, -0.25) is 0 Å².